The summed E-state index contributed by atoms with van der Waals surface area (Å²) in [6, 6.07) is 24.3. The molecule has 3 aromatic carbocycles. The Kier molecular flexibility index (Phi) is 5.49. The highest BCUT2D eigenvalue weighted by molar-refractivity contribution is 6.08. The van der Waals surface area contributed by atoms with Crippen LogP contribution in [0.4, 0.5) is 5.82 Å². The zero-order chi connectivity index (χ0) is 23.8. The molecule has 0 N–H and O–H groups in total. The molecule has 2 aliphatic heterocycles. The van der Waals surface area contributed by atoms with Gasteiger partial charge < -0.3 is 19.3 Å². The van der Waals surface area contributed by atoms with Crippen LogP contribution in [-0.2, 0) is 6.54 Å². The van der Waals surface area contributed by atoms with Crippen LogP contribution in [0.2, 0.25) is 0 Å². The highest BCUT2D eigenvalue weighted by Gasteiger charge is 2.23. The largest absolute Gasteiger partial charge is 0.454 e. The lowest BCUT2D eigenvalue weighted by atomic mass is 9.99. The highest BCUT2D eigenvalue weighted by atomic mass is 16.7. The van der Waals surface area contributed by atoms with E-state index in [1.807, 2.05) is 60.5 Å². The Bertz CT molecular complexity index is 1400. The normalized spacial score (nSPS) is 14.5. The van der Waals surface area contributed by atoms with Gasteiger partial charge in [0.25, 0.3) is 5.91 Å². The van der Waals surface area contributed by atoms with Crippen LogP contribution in [0.5, 0.6) is 11.5 Å². The van der Waals surface area contributed by atoms with Crippen molar-refractivity contribution in [1.29, 1.82) is 0 Å². The Balaban J connectivity index is 1.43. The van der Waals surface area contributed by atoms with Gasteiger partial charge in [0.1, 0.15) is 5.82 Å². The third-order valence-electron chi connectivity index (χ3n) is 6.78. The van der Waals surface area contributed by atoms with Gasteiger partial charge in [-0.15, -0.1) is 0 Å². The quantitative estimate of drug-likeness (QED) is 0.389. The molecule has 35 heavy (non-hydrogen) atoms. The number of amides is 1. The molecule has 0 radical (unpaired) electrons. The van der Waals surface area contributed by atoms with E-state index in [1.54, 1.807) is 0 Å². The van der Waals surface area contributed by atoms with Gasteiger partial charge >= 0.3 is 0 Å². The molecule has 2 aliphatic rings. The number of anilines is 1. The first-order chi connectivity index (χ1) is 17.2. The van der Waals surface area contributed by atoms with Crippen molar-refractivity contribution in [2.75, 3.05) is 31.8 Å². The maximum Gasteiger partial charge on any atom is 0.254 e. The summed E-state index contributed by atoms with van der Waals surface area (Å²) >= 11 is 0. The molecule has 1 amide bonds. The number of carbonyl (C=O) groups is 1. The number of benzene rings is 3. The lowest BCUT2D eigenvalue weighted by Gasteiger charge is -2.22. The molecule has 176 valence electrons. The van der Waals surface area contributed by atoms with Gasteiger partial charge in [0, 0.05) is 32.1 Å². The molecule has 0 atom stereocenters. The van der Waals surface area contributed by atoms with E-state index >= 15 is 0 Å². The zero-order valence-corrected chi connectivity index (χ0v) is 19.7. The Morgan fingerprint density at radius 3 is 2.49 bits per heavy atom. The van der Waals surface area contributed by atoms with Gasteiger partial charge in [0.2, 0.25) is 6.79 Å². The SMILES string of the molecule is CN(Cc1ccccc1)c1cc(C(=O)N2CCCC2)c2cc(-c3ccc4c(c3)OCO4)ccc2n1. The smallest absolute Gasteiger partial charge is 0.254 e. The van der Waals surface area contributed by atoms with E-state index in [4.69, 9.17) is 14.5 Å². The fourth-order valence-corrected chi connectivity index (χ4v) is 4.87. The highest BCUT2D eigenvalue weighted by Crippen LogP contribution is 2.37. The van der Waals surface area contributed by atoms with Gasteiger partial charge in [0.15, 0.2) is 11.5 Å². The monoisotopic (exact) mass is 465 g/mol. The molecule has 0 bridgehead atoms. The molecule has 6 nitrogen and oxygen atoms in total. The van der Waals surface area contributed by atoms with Gasteiger partial charge in [-0.2, -0.15) is 0 Å². The second-order valence-corrected chi connectivity index (χ2v) is 9.17. The van der Waals surface area contributed by atoms with E-state index in [0.717, 1.165) is 65.3 Å². The molecule has 1 fully saturated rings. The summed E-state index contributed by atoms with van der Waals surface area (Å²) in [4.78, 5) is 22.6. The van der Waals surface area contributed by atoms with Gasteiger partial charge in [-0.25, -0.2) is 4.98 Å². The molecular weight excluding hydrogens is 438 g/mol. The molecule has 1 saturated heterocycles. The third kappa shape index (κ3) is 4.16. The number of hydrogen-bond donors (Lipinski definition) is 0. The lowest BCUT2D eigenvalue weighted by Crippen LogP contribution is -2.28. The van der Waals surface area contributed by atoms with E-state index in [-0.39, 0.29) is 12.7 Å². The molecule has 0 unspecified atom stereocenters. The summed E-state index contributed by atoms with van der Waals surface area (Å²) in [7, 11) is 2.02. The van der Waals surface area contributed by atoms with E-state index in [1.165, 1.54) is 5.56 Å². The van der Waals surface area contributed by atoms with Gasteiger partial charge in [0.05, 0.1) is 11.1 Å². The molecule has 1 aromatic heterocycles. The zero-order valence-electron chi connectivity index (χ0n) is 19.7. The Morgan fingerprint density at radius 1 is 0.914 bits per heavy atom. The molecule has 6 rings (SSSR count). The van der Waals surface area contributed by atoms with Crippen molar-refractivity contribution in [3.8, 4) is 22.6 Å². The first-order valence-electron chi connectivity index (χ1n) is 12.0. The van der Waals surface area contributed by atoms with Crippen LogP contribution in [-0.4, -0.2) is 42.7 Å². The summed E-state index contributed by atoms with van der Waals surface area (Å²) < 4.78 is 11.0. The molecule has 0 saturated carbocycles. The Labute approximate surface area is 204 Å². The van der Waals surface area contributed by atoms with Gasteiger partial charge in [-0.05, 0) is 59.9 Å². The Hall–Kier alpha value is -4.06. The van der Waals surface area contributed by atoms with Gasteiger partial charge in [-0.3, -0.25) is 4.79 Å². The molecule has 4 aromatic rings. The second-order valence-electron chi connectivity index (χ2n) is 9.17. The van der Waals surface area contributed by atoms with E-state index in [2.05, 4.69) is 29.2 Å². The molecule has 0 spiro atoms. The average Bonchev–Trinajstić information content (AvgIpc) is 3.60. The molecular formula is C29H27N3O3. The molecule has 0 aliphatic carbocycles. The number of ether oxygens (including phenoxy) is 2. The number of likely N-dealkylation sites (tertiary alicyclic amines) is 1. The van der Waals surface area contributed by atoms with Crippen molar-refractivity contribution >= 4 is 22.6 Å². The number of fused-ring (bicyclic) bond motifs is 2. The fraction of sp³-hybridized carbons (Fsp3) is 0.241. The van der Waals surface area contributed by atoms with Crippen LogP contribution in [0.1, 0.15) is 28.8 Å². The summed E-state index contributed by atoms with van der Waals surface area (Å²) in [5.41, 5.74) is 4.74. The number of rotatable bonds is 5. The topological polar surface area (TPSA) is 54.9 Å². The second kappa shape index (κ2) is 8.95. The predicted octanol–water partition coefficient (Wildman–Crippen LogP) is 5.50. The number of nitrogens with zero attached hydrogens (tertiary/aromatic N) is 3. The average molecular weight is 466 g/mol. The van der Waals surface area contributed by atoms with E-state index in [9.17, 15) is 4.79 Å². The number of carbonyl (C=O) groups excluding carboxylic acids is 1. The minimum absolute atomic E-state index is 0.0760. The summed E-state index contributed by atoms with van der Waals surface area (Å²) in [5, 5.41) is 0.869. The van der Waals surface area contributed by atoms with E-state index in [0.29, 0.717) is 12.1 Å². The predicted molar refractivity (Wildman–Crippen MR) is 137 cm³/mol. The standard InChI is InChI=1S/C29H27N3O3/c1-31(18-20-7-3-2-4-8-20)28-17-24(29(33)32-13-5-6-14-32)23-15-21(9-11-25(23)30-28)22-10-12-26-27(16-22)35-19-34-26/h2-4,7-12,15-17H,5-6,13-14,18-19H2,1H3. The molecule has 3 heterocycles. The number of aromatic nitrogens is 1. The van der Waals surface area contributed by atoms with Crippen molar-refractivity contribution in [3.05, 3.63) is 83.9 Å². The summed E-state index contributed by atoms with van der Waals surface area (Å²) in [6.07, 6.45) is 2.11. The van der Waals surface area contributed by atoms with Crippen LogP contribution >= 0.6 is 0 Å². The molecule has 6 heteroatoms. The van der Waals surface area contributed by atoms with Crippen molar-refractivity contribution in [1.82, 2.24) is 9.88 Å². The Morgan fingerprint density at radius 2 is 1.66 bits per heavy atom. The van der Waals surface area contributed by atoms with Crippen LogP contribution < -0.4 is 14.4 Å². The summed E-state index contributed by atoms with van der Waals surface area (Å²) in [5.74, 6) is 2.37. The van der Waals surface area contributed by atoms with Crippen LogP contribution in [0.3, 0.4) is 0 Å². The first kappa shape index (κ1) is 21.5. The first-order valence-corrected chi connectivity index (χ1v) is 12.0. The minimum atomic E-state index is 0.0760. The maximum atomic E-state index is 13.6. The van der Waals surface area contributed by atoms with Crippen LogP contribution in [0.25, 0.3) is 22.0 Å². The lowest BCUT2D eigenvalue weighted by molar-refractivity contribution is 0.0794. The third-order valence-corrected chi connectivity index (χ3v) is 6.78. The number of hydrogen-bond acceptors (Lipinski definition) is 5. The minimum Gasteiger partial charge on any atom is -0.454 e. The maximum absolute atomic E-state index is 13.6. The fourth-order valence-electron chi connectivity index (χ4n) is 4.87. The number of pyridine rings is 1. The van der Waals surface area contributed by atoms with Crippen LogP contribution in [0.15, 0.2) is 72.8 Å². The summed E-state index contributed by atoms with van der Waals surface area (Å²) in [6.45, 7) is 2.57. The van der Waals surface area contributed by atoms with Crippen molar-refractivity contribution in [3.63, 3.8) is 0 Å². The van der Waals surface area contributed by atoms with E-state index < -0.39 is 0 Å². The van der Waals surface area contributed by atoms with Gasteiger partial charge in [-0.1, -0.05) is 42.5 Å². The van der Waals surface area contributed by atoms with Crippen molar-refractivity contribution in [2.45, 2.75) is 19.4 Å². The van der Waals surface area contributed by atoms with Crippen molar-refractivity contribution < 1.29 is 14.3 Å². The van der Waals surface area contributed by atoms with Crippen LogP contribution in [0, 0.1) is 0 Å². The van der Waals surface area contributed by atoms with Crippen molar-refractivity contribution in [2.24, 2.45) is 0 Å².